The van der Waals surface area contributed by atoms with Crippen LogP contribution in [0, 0.1) is 0 Å². The third-order valence-electron chi connectivity index (χ3n) is 6.47. The highest BCUT2D eigenvalue weighted by atomic mass is 16.6. The van der Waals surface area contributed by atoms with Crippen molar-refractivity contribution in [2.24, 2.45) is 0 Å². The highest BCUT2D eigenvalue weighted by Gasteiger charge is 2.41. The van der Waals surface area contributed by atoms with E-state index in [0.717, 1.165) is 47.9 Å². The van der Waals surface area contributed by atoms with Crippen molar-refractivity contribution >= 4 is 12.1 Å². The lowest BCUT2D eigenvalue weighted by Gasteiger charge is -2.22. The Kier molecular flexibility index (Phi) is 7.10. The van der Waals surface area contributed by atoms with Crippen molar-refractivity contribution in [3.8, 4) is 11.1 Å². The SMILES string of the molecule is CCCCCCO[C@@H]1C[C@@H](C(=O)O)N(C(=O)OCC2c3ccccc3-c3ccccc32)C1. The van der Waals surface area contributed by atoms with Crippen molar-refractivity contribution in [1.82, 2.24) is 4.90 Å². The second-order valence-electron chi connectivity index (χ2n) is 8.60. The van der Waals surface area contributed by atoms with Crippen LogP contribution in [-0.4, -0.2) is 54.0 Å². The third kappa shape index (κ3) is 4.65. The summed E-state index contributed by atoms with van der Waals surface area (Å²) in [6.07, 6.45) is 3.81. The van der Waals surface area contributed by atoms with Crippen LogP contribution in [0.4, 0.5) is 4.79 Å². The second-order valence-corrected chi connectivity index (χ2v) is 8.60. The van der Waals surface area contributed by atoms with Gasteiger partial charge in [0.1, 0.15) is 12.6 Å². The van der Waals surface area contributed by atoms with E-state index in [1.54, 1.807) is 0 Å². The number of hydrogen-bond acceptors (Lipinski definition) is 4. The third-order valence-corrected chi connectivity index (χ3v) is 6.47. The summed E-state index contributed by atoms with van der Waals surface area (Å²) in [4.78, 5) is 26.0. The molecule has 1 fully saturated rings. The summed E-state index contributed by atoms with van der Waals surface area (Å²) in [5.41, 5.74) is 4.58. The fourth-order valence-corrected chi connectivity index (χ4v) is 4.81. The normalized spacial score (nSPS) is 19.6. The van der Waals surface area contributed by atoms with Gasteiger partial charge in [-0.25, -0.2) is 9.59 Å². The number of ether oxygens (including phenoxy) is 2. The molecule has 2 aromatic carbocycles. The molecule has 1 heterocycles. The van der Waals surface area contributed by atoms with Gasteiger partial charge in [-0.2, -0.15) is 0 Å². The molecule has 1 aliphatic heterocycles. The van der Waals surface area contributed by atoms with E-state index >= 15 is 0 Å². The maximum atomic E-state index is 12.9. The van der Waals surface area contributed by atoms with Crippen molar-refractivity contribution in [2.45, 2.75) is 57.1 Å². The molecule has 2 atom stereocenters. The molecule has 0 bridgehead atoms. The van der Waals surface area contributed by atoms with E-state index in [0.29, 0.717) is 13.0 Å². The van der Waals surface area contributed by atoms with Crippen LogP contribution in [0.2, 0.25) is 0 Å². The lowest BCUT2D eigenvalue weighted by atomic mass is 9.98. The van der Waals surface area contributed by atoms with Crippen LogP contribution in [0.3, 0.4) is 0 Å². The molecule has 2 aliphatic rings. The molecule has 1 aliphatic carbocycles. The molecular weight excluding hydrogens is 406 g/mol. The van der Waals surface area contributed by atoms with Crippen LogP contribution in [0.15, 0.2) is 48.5 Å². The van der Waals surface area contributed by atoms with Gasteiger partial charge >= 0.3 is 12.1 Å². The molecule has 6 heteroatoms. The number of rotatable bonds is 9. The van der Waals surface area contributed by atoms with Gasteiger partial charge in [0.15, 0.2) is 0 Å². The number of carboxylic acid groups (broad SMARTS) is 1. The molecule has 0 unspecified atom stereocenters. The van der Waals surface area contributed by atoms with Gasteiger partial charge in [-0.1, -0.05) is 74.7 Å². The first kappa shape index (κ1) is 22.3. The summed E-state index contributed by atoms with van der Waals surface area (Å²) in [6, 6.07) is 15.4. The van der Waals surface area contributed by atoms with Gasteiger partial charge in [0, 0.05) is 18.9 Å². The van der Waals surface area contributed by atoms with E-state index in [-0.39, 0.29) is 25.2 Å². The van der Waals surface area contributed by atoms with Crippen LogP contribution in [0.25, 0.3) is 11.1 Å². The largest absolute Gasteiger partial charge is 0.480 e. The Morgan fingerprint density at radius 1 is 1.00 bits per heavy atom. The van der Waals surface area contributed by atoms with Gasteiger partial charge < -0.3 is 14.6 Å². The molecule has 1 saturated heterocycles. The predicted molar refractivity (Wildman–Crippen MR) is 122 cm³/mol. The van der Waals surface area contributed by atoms with Crippen molar-refractivity contribution in [1.29, 1.82) is 0 Å². The highest BCUT2D eigenvalue weighted by molar-refractivity contribution is 5.81. The molecule has 0 aromatic heterocycles. The maximum absolute atomic E-state index is 12.9. The fraction of sp³-hybridized carbons (Fsp3) is 0.462. The molecule has 2 aromatic rings. The van der Waals surface area contributed by atoms with Crippen LogP contribution >= 0.6 is 0 Å². The zero-order valence-electron chi connectivity index (χ0n) is 18.5. The van der Waals surface area contributed by atoms with E-state index in [9.17, 15) is 14.7 Å². The Bertz CT molecular complexity index is 913. The minimum atomic E-state index is -1.02. The van der Waals surface area contributed by atoms with Gasteiger partial charge in [0.25, 0.3) is 0 Å². The summed E-state index contributed by atoms with van der Waals surface area (Å²) in [7, 11) is 0. The van der Waals surface area contributed by atoms with Crippen molar-refractivity contribution in [3.63, 3.8) is 0 Å². The van der Waals surface area contributed by atoms with E-state index in [2.05, 4.69) is 31.2 Å². The van der Waals surface area contributed by atoms with Crippen LogP contribution < -0.4 is 0 Å². The first-order valence-electron chi connectivity index (χ1n) is 11.6. The van der Waals surface area contributed by atoms with Crippen LogP contribution in [0.5, 0.6) is 0 Å². The van der Waals surface area contributed by atoms with E-state index in [4.69, 9.17) is 9.47 Å². The number of carbonyl (C=O) groups is 2. The van der Waals surface area contributed by atoms with Crippen molar-refractivity contribution in [3.05, 3.63) is 59.7 Å². The summed E-state index contributed by atoms with van der Waals surface area (Å²) in [6.45, 7) is 3.18. The number of nitrogens with zero attached hydrogens (tertiary/aromatic N) is 1. The second kappa shape index (κ2) is 10.2. The Morgan fingerprint density at radius 3 is 2.28 bits per heavy atom. The molecule has 1 amide bonds. The van der Waals surface area contributed by atoms with Gasteiger partial charge in [0.2, 0.25) is 0 Å². The summed E-state index contributed by atoms with van der Waals surface area (Å²) in [5.74, 6) is -1.07. The maximum Gasteiger partial charge on any atom is 0.410 e. The zero-order valence-corrected chi connectivity index (χ0v) is 18.5. The lowest BCUT2D eigenvalue weighted by molar-refractivity contribution is -0.141. The lowest BCUT2D eigenvalue weighted by Crippen LogP contribution is -2.41. The molecule has 0 saturated carbocycles. The van der Waals surface area contributed by atoms with Crippen LogP contribution in [0.1, 0.15) is 56.1 Å². The van der Waals surface area contributed by atoms with E-state index in [1.807, 2.05) is 24.3 Å². The number of aliphatic carboxylic acids is 1. The molecule has 1 N–H and O–H groups in total. The smallest absolute Gasteiger partial charge is 0.410 e. The molecule has 0 spiro atoms. The topological polar surface area (TPSA) is 76.1 Å². The number of unbranched alkanes of at least 4 members (excludes halogenated alkanes) is 3. The zero-order chi connectivity index (χ0) is 22.5. The van der Waals surface area contributed by atoms with Crippen molar-refractivity contribution < 1.29 is 24.2 Å². The number of hydrogen-bond donors (Lipinski definition) is 1. The number of likely N-dealkylation sites (tertiary alicyclic amines) is 1. The minimum absolute atomic E-state index is 0.0529. The molecule has 0 radical (unpaired) electrons. The number of fused-ring (bicyclic) bond motifs is 3. The highest BCUT2D eigenvalue weighted by Crippen LogP contribution is 2.44. The number of carboxylic acids is 1. The fourth-order valence-electron chi connectivity index (χ4n) is 4.81. The monoisotopic (exact) mass is 437 g/mol. The average Bonchev–Trinajstić information content (AvgIpc) is 3.37. The molecule has 170 valence electrons. The predicted octanol–water partition coefficient (Wildman–Crippen LogP) is 5.06. The van der Waals surface area contributed by atoms with Gasteiger partial charge in [-0.3, -0.25) is 4.90 Å². The number of amides is 1. The first-order valence-corrected chi connectivity index (χ1v) is 11.6. The summed E-state index contributed by atoms with van der Waals surface area (Å²) < 4.78 is 11.5. The van der Waals surface area contributed by atoms with E-state index < -0.39 is 18.1 Å². The molecule has 32 heavy (non-hydrogen) atoms. The Labute approximate surface area is 189 Å². The number of carbonyl (C=O) groups excluding carboxylic acids is 1. The number of benzene rings is 2. The standard InChI is InChI=1S/C26H31NO5/c1-2-3-4-9-14-31-18-15-24(25(28)29)27(16-18)26(30)32-17-23-21-12-7-5-10-19(21)20-11-6-8-13-22(20)23/h5-8,10-13,18,23-24H,2-4,9,14-17H2,1H3,(H,28,29)/t18-,24+/m1/s1. The quantitative estimate of drug-likeness (QED) is 0.555. The van der Waals surface area contributed by atoms with Gasteiger partial charge in [0.05, 0.1) is 12.6 Å². The molecule has 4 rings (SSSR count). The minimum Gasteiger partial charge on any atom is -0.480 e. The first-order chi connectivity index (χ1) is 15.6. The van der Waals surface area contributed by atoms with Gasteiger partial charge in [-0.05, 0) is 28.7 Å². The summed E-state index contributed by atoms with van der Waals surface area (Å²) in [5, 5.41) is 9.63. The Morgan fingerprint density at radius 2 is 1.66 bits per heavy atom. The molecular formula is C26H31NO5. The van der Waals surface area contributed by atoms with Crippen molar-refractivity contribution in [2.75, 3.05) is 19.8 Å². The van der Waals surface area contributed by atoms with Crippen LogP contribution in [-0.2, 0) is 14.3 Å². The Balaban J connectivity index is 1.38. The summed E-state index contributed by atoms with van der Waals surface area (Å²) >= 11 is 0. The average molecular weight is 438 g/mol. The molecule has 6 nitrogen and oxygen atoms in total. The Hall–Kier alpha value is -2.86. The van der Waals surface area contributed by atoms with Gasteiger partial charge in [-0.15, -0.1) is 0 Å². The van der Waals surface area contributed by atoms with E-state index in [1.165, 1.54) is 4.90 Å².